The summed E-state index contributed by atoms with van der Waals surface area (Å²) < 4.78 is 3.63. The summed E-state index contributed by atoms with van der Waals surface area (Å²) in [5.74, 6) is 0. The van der Waals surface area contributed by atoms with Crippen molar-refractivity contribution in [1.82, 2.24) is 3.57 Å². The Morgan fingerprint density at radius 3 is 2.71 bits per heavy atom. The molecule has 0 atom stereocenters. The van der Waals surface area contributed by atoms with Gasteiger partial charge < -0.3 is 0 Å². The van der Waals surface area contributed by atoms with Crippen LogP contribution in [0, 0.1) is 0 Å². The molecule has 0 aromatic carbocycles. The first-order valence-corrected chi connectivity index (χ1v) is 4.76. The molecule has 0 saturated heterocycles. The predicted octanol–water partition coefficient (Wildman–Crippen LogP) is -0.288. The molecule has 0 rings (SSSR count). The van der Waals surface area contributed by atoms with Gasteiger partial charge in [0.25, 0.3) is 0 Å². The number of urea groups is 1. The Labute approximate surface area is 53.1 Å². The van der Waals surface area contributed by atoms with Crippen molar-refractivity contribution in [1.29, 1.82) is 0 Å². The van der Waals surface area contributed by atoms with Crippen LogP contribution in [0.4, 0.5) is 4.79 Å². The molecule has 0 saturated carbocycles. The molecule has 7 heavy (non-hydrogen) atoms. The van der Waals surface area contributed by atoms with Crippen molar-refractivity contribution in [3.8, 4) is 0 Å². The second-order valence-electron chi connectivity index (χ2n) is 0.899. The zero-order valence-corrected chi connectivity index (χ0v) is 6.43. The average Bonchev–Trinajstić information content (AvgIpc) is 1.61. The van der Waals surface area contributed by atoms with Gasteiger partial charge in [-0.15, -0.1) is 0 Å². The van der Waals surface area contributed by atoms with E-state index in [0.29, 0.717) is 0 Å². The normalized spacial score (nSPS) is 8.14. The fourth-order valence-electron chi connectivity index (χ4n) is 0.143. The van der Waals surface area contributed by atoms with Crippen molar-refractivity contribution in [2.24, 2.45) is 5.73 Å². The Kier molecular flexibility index (Phi) is 4.26. The van der Waals surface area contributed by atoms with Crippen molar-refractivity contribution in [2.75, 3.05) is 0 Å². The molecule has 0 spiro atoms. The van der Waals surface area contributed by atoms with Gasteiger partial charge in [0.1, 0.15) is 0 Å². The van der Waals surface area contributed by atoms with E-state index in [-0.39, 0.29) is 27.2 Å². The molecule has 0 aliphatic carbocycles. The molecular formula is C3H8N2OTe. The molecule has 0 aliphatic rings. The van der Waals surface area contributed by atoms with E-state index in [1.54, 1.807) is 0 Å². The van der Waals surface area contributed by atoms with Gasteiger partial charge in [0.05, 0.1) is 0 Å². The number of amides is 2. The van der Waals surface area contributed by atoms with Gasteiger partial charge in [-0.3, -0.25) is 0 Å². The topological polar surface area (TPSA) is 55.1 Å². The monoisotopic (exact) mass is 218 g/mol. The Morgan fingerprint density at radius 2 is 2.57 bits per heavy atom. The second-order valence-corrected chi connectivity index (χ2v) is 3.95. The van der Waals surface area contributed by atoms with Crippen LogP contribution in [0.5, 0.6) is 0 Å². The van der Waals surface area contributed by atoms with E-state index in [4.69, 9.17) is 5.73 Å². The molecule has 0 bridgehead atoms. The summed E-state index contributed by atoms with van der Waals surface area (Å²) >= 11 is -0.285. The van der Waals surface area contributed by atoms with E-state index >= 15 is 0 Å². The van der Waals surface area contributed by atoms with Gasteiger partial charge in [-0.25, -0.2) is 0 Å². The summed E-state index contributed by atoms with van der Waals surface area (Å²) in [7, 11) is 0. The molecule has 0 aromatic heterocycles. The van der Waals surface area contributed by atoms with Gasteiger partial charge in [-0.1, -0.05) is 0 Å². The predicted molar refractivity (Wildman–Crippen MR) is 29.0 cm³/mol. The summed E-state index contributed by atoms with van der Waals surface area (Å²) in [5.41, 5.74) is 4.76. The maximum absolute atomic E-state index is 9.90. The van der Waals surface area contributed by atoms with Crippen LogP contribution in [0.1, 0.15) is 6.92 Å². The molecule has 3 nitrogen and oxygen atoms in total. The van der Waals surface area contributed by atoms with Crippen molar-refractivity contribution in [2.45, 2.75) is 11.4 Å². The summed E-state index contributed by atoms with van der Waals surface area (Å²) in [6.45, 7) is 2.03. The Bertz CT molecular complexity index is 66.0. The molecule has 0 aliphatic heterocycles. The maximum atomic E-state index is 9.90. The van der Waals surface area contributed by atoms with Gasteiger partial charge in [-0.2, -0.15) is 0 Å². The van der Waals surface area contributed by atoms with E-state index in [2.05, 4.69) is 3.57 Å². The number of primary amides is 1. The fraction of sp³-hybridized carbons (Fsp3) is 0.667. The third-order valence-corrected chi connectivity index (χ3v) is 2.13. The molecule has 3 N–H and O–H groups in total. The molecule has 0 heterocycles. The number of carbonyl (C=O) groups is 1. The van der Waals surface area contributed by atoms with E-state index in [0.717, 1.165) is 4.47 Å². The van der Waals surface area contributed by atoms with Crippen LogP contribution >= 0.6 is 0 Å². The van der Waals surface area contributed by atoms with Crippen LogP contribution in [0.2, 0.25) is 4.47 Å². The van der Waals surface area contributed by atoms with Crippen molar-refractivity contribution in [3.63, 3.8) is 0 Å². The average molecular weight is 216 g/mol. The Morgan fingerprint density at radius 1 is 2.00 bits per heavy atom. The third kappa shape index (κ3) is 6.06. The van der Waals surface area contributed by atoms with Crippen molar-refractivity contribution in [3.05, 3.63) is 0 Å². The van der Waals surface area contributed by atoms with E-state index in [1.165, 1.54) is 0 Å². The molecular weight excluding hydrogens is 208 g/mol. The van der Waals surface area contributed by atoms with Crippen molar-refractivity contribution >= 4 is 27.2 Å². The first-order chi connectivity index (χ1) is 3.27. The summed E-state index contributed by atoms with van der Waals surface area (Å²) in [6.07, 6.45) is 0. The zero-order chi connectivity index (χ0) is 5.70. The third-order valence-electron chi connectivity index (χ3n) is 0.317. The quantitative estimate of drug-likeness (QED) is 0.612. The summed E-state index contributed by atoms with van der Waals surface area (Å²) in [5, 5.41) is 0. The minimum atomic E-state index is -0.385. The van der Waals surface area contributed by atoms with E-state index in [9.17, 15) is 4.79 Å². The second kappa shape index (κ2) is 4.22. The molecule has 4 heteroatoms. The zero-order valence-electron chi connectivity index (χ0n) is 4.10. The number of hydrogen-bond donors (Lipinski definition) is 2. The van der Waals surface area contributed by atoms with Crippen LogP contribution in [0.15, 0.2) is 0 Å². The first-order valence-electron chi connectivity index (χ1n) is 1.94. The number of nitrogens with two attached hydrogens (primary N) is 1. The van der Waals surface area contributed by atoms with Gasteiger partial charge in [0, 0.05) is 0 Å². The van der Waals surface area contributed by atoms with E-state index in [1.807, 2.05) is 6.92 Å². The number of carbonyl (C=O) groups excluding carboxylic acids is 1. The number of rotatable bonds is 2. The first kappa shape index (κ1) is 7.06. The van der Waals surface area contributed by atoms with Gasteiger partial charge >= 0.3 is 52.7 Å². The van der Waals surface area contributed by atoms with Crippen molar-refractivity contribution < 1.29 is 4.79 Å². The summed E-state index contributed by atoms with van der Waals surface area (Å²) in [6, 6.07) is -0.385. The van der Waals surface area contributed by atoms with Crippen LogP contribution in [-0.2, 0) is 0 Å². The number of nitrogens with one attached hydrogen (secondary N) is 1. The Hall–Kier alpha value is 0.0596. The molecule has 2 amide bonds. The van der Waals surface area contributed by atoms with Gasteiger partial charge in [0.2, 0.25) is 0 Å². The van der Waals surface area contributed by atoms with E-state index < -0.39 is 0 Å². The standard InChI is InChI=1S/C3H8N2OTe/c1-2-7-5-3(4)6/h2H2,1H3,(H3,4,5,6). The van der Waals surface area contributed by atoms with Crippen LogP contribution < -0.4 is 9.30 Å². The molecule has 0 aromatic rings. The number of hydrogen-bond acceptors (Lipinski definition) is 1. The minimum absolute atomic E-state index is 0.285. The molecule has 0 fully saturated rings. The van der Waals surface area contributed by atoms with Crippen LogP contribution in [0.25, 0.3) is 0 Å². The molecule has 42 valence electrons. The van der Waals surface area contributed by atoms with Crippen LogP contribution in [-0.4, -0.2) is 27.2 Å². The SMILES string of the molecule is CC[Te]NC(N)=O. The fourth-order valence-corrected chi connectivity index (χ4v) is 0.961. The summed E-state index contributed by atoms with van der Waals surface area (Å²) in [4.78, 5) is 9.90. The van der Waals surface area contributed by atoms with Crippen LogP contribution in [0.3, 0.4) is 0 Å². The van der Waals surface area contributed by atoms with Gasteiger partial charge in [-0.05, 0) is 0 Å². The Balaban J connectivity index is 2.82. The van der Waals surface area contributed by atoms with Gasteiger partial charge in [0.15, 0.2) is 0 Å². The molecule has 0 unspecified atom stereocenters. The molecule has 0 radical (unpaired) electrons.